The van der Waals surface area contributed by atoms with E-state index in [-0.39, 0.29) is 23.9 Å². The zero-order valence-corrected chi connectivity index (χ0v) is 13.8. The van der Waals surface area contributed by atoms with Gasteiger partial charge in [-0.05, 0) is 24.5 Å². The summed E-state index contributed by atoms with van der Waals surface area (Å²) in [6.45, 7) is 3.33. The molecule has 0 spiro atoms. The summed E-state index contributed by atoms with van der Waals surface area (Å²) in [6.07, 6.45) is 1.75. The van der Waals surface area contributed by atoms with Crippen molar-refractivity contribution in [3.63, 3.8) is 0 Å². The van der Waals surface area contributed by atoms with Gasteiger partial charge in [-0.25, -0.2) is 4.79 Å². The Balaban J connectivity index is 1.87. The van der Waals surface area contributed by atoms with E-state index >= 15 is 0 Å². The molecule has 0 radical (unpaired) electrons. The summed E-state index contributed by atoms with van der Waals surface area (Å²) in [5.74, 6) is -1.53. The van der Waals surface area contributed by atoms with Gasteiger partial charge in [-0.3, -0.25) is 9.59 Å². The smallest absolute Gasteiger partial charge is 0.326 e. The number of amides is 2. The Bertz CT molecular complexity index is 735. The van der Waals surface area contributed by atoms with Crippen LogP contribution < -0.4 is 10.6 Å². The van der Waals surface area contributed by atoms with Crippen molar-refractivity contribution in [2.45, 2.75) is 26.3 Å². The zero-order chi connectivity index (χ0) is 18.4. The molecule has 0 saturated heterocycles. The van der Waals surface area contributed by atoms with Gasteiger partial charge >= 0.3 is 5.97 Å². The fourth-order valence-electron chi connectivity index (χ4n) is 2.11. The lowest BCUT2D eigenvalue weighted by atomic mass is 10.0. The standard InChI is InChI=1S/C16H19N3O6/c1-9(2)6-11(16(22)23)18-14(20)8-17-15(21)10-7-13(25-19-10)12-4-3-5-24-12/h3-5,7,9,11H,6,8H2,1-2H3,(H,17,21)(H,18,20)(H,22,23)/t11-/m0/s1. The third kappa shape index (κ3) is 5.20. The van der Waals surface area contributed by atoms with Crippen molar-refractivity contribution in [1.82, 2.24) is 15.8 Å². The van der Waals surface area contributed by atoms with Crippen LogP contribution in [-0.4, -0.2) is 40.6 Å². The first-order valence-corrected chi connectivity index (χ1v) is 7.67. The van der Waals surface area contributed by atoms with Crippen LogP contribution in [0.25, 0.3) is 11.5 Å². The Hall–Kier alpha value is -3.10. The van der Waals surface area contributed by atoms with Crippen LogP contribution in [0.3, 0.4) is 0 Å². The second-order valence-corrected chi connectivity index (χ2v) is 5.82. The van der Waals surface area contributed by atoms with Crippen molar-refractivity contribution in [2.24, 2.45) is 5.92 Å². The Morgan fingerprint density at radius 1 is 1.28 bits per heavy atom. The lowest BCUT2D eigenvalue weighted by Crippen LogP contribution is -2.46. The number of aliphatic carboxylic acids is 1. The van der Waals surface area contributed by atoms with E-state index in [0.29, 0.717) is 12.2 Å². The molecule has 2 rings (SSSR count). The Morgan fingerprint density at radius 3 is 2.64 bits per heavy atom. The van der Waals surface area contributed by atoms with Crippen LogP contribution in [0.1, 0.15) is 30.8 Å². The van der Waals surface area contributed by atoms with Crippen LogP contribution in [0.15, 0.2) is 33.4 Å². The van der Waals surface area contributed by atoms with E-state index in [1.165, 1.54) is 12.3 Å². The lowest BCUT2D eigenvalue weighted by Gasteiger charge is -2.16. The number of nitrogens with zero attached hydrogens (tertiary/aromatic N) is 1. The quantitative estimate of drug-likeness (QED) is 0.653. The van der Waals surface area contributed by atoms with Gasteiger partial charge in [-0.1, -0.05) is 19.0 Å². The highest BCUT2D eigenvalue weighted by Gasteiger charge is 2.22. The normalized spacial score (nSPS) is 12.0. The summed E-state index contributed by atoms with van der Waals surface area (Å²) in [4.78, 5) is 34.9. The second kappa shape index (κ2) is 8.13. The minimum Gasteiger partial charge on any atom is -0.480 e. The number of hydrogen-bond donors (Lipinski definition) is 3. The molecule has 0 aromatic carbocycles. The van der Waals surface area contributed by atoms with Crippen molar-refractivity contribution in [2.75, 3.05) is 6.54 Å². The van der Waals surface area contributed by atoms with Gasteiger partial charge in [0.15, 0.2) is 11.5 Å². The lowest BCUT2D eigenvalue weighted by molar-refractivity contribution is -0.142. The van der Waals surface area contributed by atoms with Gasteiger partial charge < -0.3 is 24.7 Å². The molecule has 0 saturated carbocycles. The molecule has 2 amide bonds. The molecule has 3 N–H and O–H groups in total. The highest BCUT2D eigenvalue weighted by atomic mass is 16.5. The molecule has 0 bridgehead atoms. The van der Waals surface area contributed by atoms with Crippen LogP contribution in [0.2, 0.25) is 0 Å². The molecule has 1 atom stereocenters. The van der Waals surface area contributed by atoms with E-state index in [9.17, 15) is 14.4 Å². The van der Waals surface area contributed by atoms with Crippen molar-refractivity contribution in [1.29, 1.82) is 0 Å². The van der Waals surface area contributed by atoms with Crippen LogP contribution in [-0.2, 0) is 9.59 Å². The first-order valence-electron chi connectivity index (χ1n) is 7.67. The molecule has 9 heteroatoms. The molecule has 0 aliphatic rings. The highest BCUT2D eigenvalue weighted by molar-refractivity contribution is 5.95. The van der Waals surface area contributed by atoms with Gasteiger partial charge in [0.25, 0.3) is 5.91 Å². The first-order chi connectivity index (χ1) is 11.9. The number of carboxylic acids is 1. The Labute approximate surface area is 143 Å². The van der Waals surface area contributed by atoms with E-state index in [4.69, 9.17) is 14.0 Å². The number of carboxylic acid groups (broad SMARTS) is 1. The predicted octanol–water partition coefficient (Wildman–Crippen LogP) is 1.28. The fraction of sp³-hybridized carbons (Fsp3) is 0.375. The van der Waals surface area contributed by atoms with Gasteiger partial charge in [-0.2, -0.15) is 0 Å². The van der Waals surface area contributed by atoms with Crippen LogP contribution in [0.5, 0.6) is 0 Å². The molecule has 0 fully saturated rings. The molecular weight excluding hydrogens is 330 g/mol. The molecular formula is C16H19N3O6. The summed E-state index contributed by atoms with van der Waals surface area (Å²) in [6, 6.07) is 3.70. The number of nitrogens with one attached hydrogen (secondary N) is 2. The third-order valence-electron chi connectivity index (χ3n) is 3.26. The molecule has 0 unspecified atom stereocenters. The number of rotatable bonds is 8. The van der Waals surface area contributed by atoms with Crippen molar-refractivity contribution >= 4 is 17.8 Å². The van der Waals surface area contributed by atoms with Crippen molar-refractivity contribution < 1.29 is 28.4 Å². The molecule has 2 aromatic heterocycles. The average molecular weight is 349 g/mol. The average Bonchev–Trinajstić information content (AvgIpc) is 3.22. The molecule has 25 heavy (non-hydrogen) atoms. The third-order valence-corrected chi connectivity index (χ3v) is 3.26. The summed E-state index contributed by atoms with van der Waals surface area (Å²) in [5.41, 5.74) is -0.0174. The SMILES string of the molecule is CC(C)C[C@H](NC(=O)CNC(=O)c1cc(-c2ccco2)on1)C(=O)O. The van der Waals surface area contributed by atoms with E-state index in [0.717, 1.165) is 0 Å². The zero-order valence-electron chi connectivity index (χ0n) is 13.8. The number of carbonyl (C=O) groups excluding carboxylic acids is 2. The van der Waals surface area contributed by atoms with Gasteiger partial charge in [0, 0.05) is 6.07 Å². The van der Waals surface area contributed by atoms with Crippen molar-refractivity contribution in [3.05, 3.63) is 30.2 Å². The molecule has 0 aliphatic heterocycles. The largest absolute Gasteiger partial charge is 0.480 e. The Morgan fingerprint density at radius 2 is 2.04 bits per heavy atom. The van der Waals surface area contributed by atoms with Gasteiger partial charge in [0.2, 0.25) is 11.7 Å². The number of aromatic nitrogens is 1. The monoisotopic (exact) mass is 349 g/mol. The summed E-state index contributed by atoms with van der Waals surface area (Å²) in [5, 5.41) is 17.4. The topological polar surface area (TPSA) is 135 Å². The maximum absolute atomic E-state index is 12.0. The van der Waals surface area contributed by atoms with Crippen LogP contribution in [0, 0.1) is 5.92 Å². The van der Waals surface area contributed by atoms with Gasteiger partial charge in [0.05, 0.1) is 12.8 Å². The van der Waals surface area contributed by atoms with E-state index in [1.54, 1.807) is 12.1 Å². The molecule has 0 aliphatic carbocycles. The number of hydrogen-bond acceptors (Lipinski definition) is 6. The molecule has 134 valence electrons. The van der Waals surface area contributed by atoms with Crippen LogP contribution >= 0.6 is 0 Å². The molecule has 2 aromatic rings. The van der Waals surface area contributed by atoms with Crippen molar-refractivity contribution in [3.8, 4) is 11.5 Å². The molecule has 9 nitrogen and oxygen atoms in total. The fourth-order valence-corrected chi connectivity index (χ4v) is 2.11. The van der Waals surface area contributed by atoms with Gasteiger partial charge in [0.1, 0.15) is 6.04 Å². The predicted molar refractivity (Wildman–Crippen MR) is 85.6 cm³/mol. The maximum atomic E-state index is 12.0. The maximum Gasteiger partial charge on any atom is 0.326 e. The molecule has 2 heterocycles. The number of carbonyl (C=O) groups is 3. The van der Waals surface area contributed by atoms with Crippen LogP contribution in [0.4, 0.5) is 0 Å². The summed E-state index contributed by atoms with van der Waals surface area (Å²) < 4.78 is 10.1. The second-order valence-electron chi connectivity index (χ2n) is 5.82. The van der Waals surface area contributed by atoms with E-state index in [1.807, 2.05) is 13.8 Å². The minimum atomic E-state index is -1.12. The summed E-state index contributed by atoms with van der Waals surface area (Å²) in [7, 11) is 0. The number of furan rings is 1. The first kappa shape index (κ1) is 18.2. The van der Waals surface area contributed by atoms with E-state index < -0.39 is 23.8 Å². The summed E-state index contributed by atoms with van der Waals surface area (Å²) >= 11 is 0. The minimum absolute atomic E-state index is 0.0174. The Kier molecular flexibility index (Phi) is 5.93. The van der Waals surface area contributed by atoms with Gasteiger partial charge in [-0.15, -0.1) is 0 Å². The highest BCUT2D eigenvalue weighted by Crippen LogP contribution is 2.20. The van der Waals surface area contributed by atoms with E-state index in [2.05, 4.69) is 15.8 Å².